The van der Waals surface area contributed by atoms with Gasteiger partial charge >= 0.3 is 12.6 Å². The van der Waals surface area contributed by atoms with Crippen molar-refractivity contribution in [3.05, 3.63) is 41.7 Å². The first-order valence-corrected chi connectivity index (χ1v) is 8.56. The number of nitrogens with one attached hydrogen (secondary N) is 2. The van der Waals surface area contributed by atoms with Gasteiger partial charge in [-0.15, -0.1) is 12.4 Å². The molecule has 0 radical (unpaired) electrons. The quantitative estimate of drug-likeness (QED) is 0.682. The van der Waals surface area contributed by atoms with Gasteiger partial charge in [0.05, 0.1) is 30.5 Å². The van der Waals surface area contributed by atoms with E-state index < -0.39 is 18.5 Å². The molecule has 1 aromatic carbocycles. The lowest BCUT2D eigenvalue weighted by Crippen LogP contribution is -2.28. The highest BCUT2D eigenvalue weighted by Crippen LogP contribution is 2.32. The molecule has 0 aliphatic carbocycles. The van der Waals surface area contributed by atoms with Crippen LogP contribution in [0.5, 0.6) is 5.75 Å². The number of ether oxygens (including phenoxy) is 2. The molecule has 11 heteroatoms. The first-order chi connectivity index (χ1) is 13.4. The Morgan fingerprint density at radius 2 is 2.10 bits per heavy atom. The van der Waals surface area contributed by atoms with Crippen molar-refractivity contribution in [2.75, 3.05) is 25.5 Å². The first-order valence-electron chi connectivity index (χ1n) is 8.56. The Morgan fingerprint density at radius 3 is 2.72 bits per heavy atom. The van der Waals surface area contributed by atoms with E-state index in [0.29, 0.717) is 13.1 Å². The molecule has 2 heterocycles. The average molecular weight is 431 g/mol. The second-order valence-corrected chi connectivity index (χ2v) is 6.39. The van der Waals surface area contributed by atoms with Crippen LogP contribution in [-0.4, -0.2) is 48.5 Å². The van der Waals surface area contributed by atoms with E-state index in [1.54, 1.807) is 17.9 Å². The third kappa shape index (κ3) is 5.21. The summed E-state index contributed by atoms with van der Waals surface area (Å²) < 4.78 is 36.2. The van der Waals surface area contributed by atoms with Gasteiger partial charge in [-0.25, -0.2) is 4.79 Å². The number of methoxy groups -OCH3 is 1. The molecule has 8 nitrogen and oxygen atoms in total. The molecule has 158 valence electrons. The van der Waals surface area contributed by atoms with Gasteiger partial charge in [0, 0.05) is 32.3 Å². The molecule has 1 saturated heterocycles. The van der Waals surface area contributed by atoms with Crippen molar-refractivity contribution >= 4 is 30.0 Å². The molecule has 0 unspecified atom stereocenters. The molecular formula is C18H21ClF2N4O4. The van der Waals surface area contributed by atoms with Gasteiger partial charge in [0.25, 0.3) is 0 Å². The topological polar surface area (TPSA) is 94.5 Å². The number of anilines is 1. The fraction of sp³-hybridized carbons (Fsp3) is 0.389. The zero-order valence-electron chi connectivity index (χ0n) is 15.7. The van der Waals surface area contributed by atoms with Gasteiger partial charge in [0.2, 0.25) is 5.91 Å². The highest BCUT2D eigenvalue weighted by Gasteiger charge is 2.35. The molecule has 1 fully saturated rings. The van der Waals surface area contributed by atoms with E-state index in [0.717, 1.165) is 11.6 Å². The highest BCUT2D eigenvalue weighted by atomic mass is 35.5. The third-order valence-electron chi connectivity index (χ3n) is 4.58. The molecule has 1 aromatic heterocycles. The number of benzene rings is 1. The molecule has 0 bridgehead atoms. The number of aryl methyl sites for hydroxylation is 1. The maximum Gasteiger partial charge on any atom is 0.387 e. The molecule has 2 N–H and O–H groups in total. The number of aromatic nitrogens is 2. The minimum atomic E-state index is -3.11. The van der Waals surface area contributed by atoms with Crippen molar-refractivity contribution in [3.63, 3.8) is 0 Å². The Kier molecular flexibility index (Phi) is 7.52. The van der Waals surface area contributed by atoms with Crippen molar-refractivity contribution in [1.82, 2.24) is 15.1 Å². The lowest BCUT2D eigenvalue weighted by atomic mass is 9.90. The van der Waals surface area contributed by atoms with Gasteiger partial charge < -0.3 is 20.1 Å². The minimum absolute atomic E-state index is 0. The molecule has 2 atom stereocenters. The predicted molar refractivity (Wildman–Crippen MR) is 103 cm³/mol. The van der Waals surface area contributed by atoms with E-state index >= 15 is 0 Å². The first kappa shape index (κ1) is 22.6. The van der Waals surface area contributed by atoms with Crippen LogP contribution >= 0.6 is 12.4 Å². The van der Waals surface area contributed by atoms with Gasteiger partial charge in [0.1, 0.15) is 5.75 Å². The summed E-state index contributed by atoms with van der Waals surface area (Å²) in [6.45, 7) is -2.07. The SMILES string of the molecule is COC(=O)c1ccc(NC(=O)[C@H]2CNC[C@@H]2c2cnn(C)c2)c(OC(F)F)c1.Cl. The Hall–Kier alpha value is -2.72. The van der Waals surface area contributed by atoms with Crippen molar-refractivity contribution in [3.8, 4) is 5.75 Å². The van der Waals surface area contributed by atoms with Gasteiger partial charge in [0.15, 0.2) is 0 Å². The number of rotatable bonds is 6. The number of nitrogens with zero attached hydrogens (tertiary/aromatic N) is 2. The summed E-state index contributed by atoms with van der Waals surface area (Å²) in [5.41, 5.74) is 0.999. The lowest BCUT2D eigenvalue weighted by molar-refractivity contribution is -0.119. The van der Waals surface area contributed by atoms with E-state index in [2.05, 4.69) is 25.2 Å². The van der Waals surface area contributed by atoms with Crippen LogP contribution in [0.3, 0.4) is 0 Å². The number of hydrogen-bond acceptors (Lipinski definition) is 6. The fourth-order valence-electron chi connectivity index (χ4n) is 3.23. The average Bonchev–Trinajstić information content (AvgIpc) is 3.30. The molecule has 0 saturated carbocycles. The number of alkyl halides is 2. The fourth-order valence-corrected chi connectivity index (χ4v) is 3.23. The summed E-state index contributed by atoms with van der Waals surface area (Å²) in [4.78, 5) is 24.4. The van der Waals surface area contributed by atoms with Crippen molar-refractivity contribution < 1.29 is 27.8 Å². The van der Waals surface area contributed by atoms with Crippen molar-refractivity contribution in [2.24, 2.45) is 13.0 Å². The molecule has 29 heavy (non-hydrogen) atoms. The van der Waals surface area contributed by atoms with E-state index in [-0.39, 0.29) is 41.2 Å². The number of hydrogen-bond donors (Lipinski definition) is 2. The Labute approximate surface area is 172 Å². The molecule has 1 amide bonds. The second kappa shape index (κ2) is 9.66. The summed E-state index contributed by atoms with van der Waals surface area (Å²) in [6.07, 6.45) is 3.54. The number of carbonyl (C=O) groups excluding carboxylic acids is 2. The second-order valence-electron chi connectivity index (χ2n) is 6.39. The van der Waals surface area contributed by atoms with E-state index in [4.69, 9.17) is 0 Å². The maximum atomic E-state index is 12.8. The minimum Gasteiger partial charge on any atom is -0.465 e. The summed E-state index contributed by atoms with van der Waals surface area (Å²) in [5, 5.41) is 9.93. The smallest absolute Gasteiger partial charge is 0.387 e. The van der Waals surface area contributed by atoms with Gasteiger partial charge in [-0.1, -0.05) is 0 Å². The van der Waals surface area contributed by atoms with Crippen LogP contribution < -0.4 is 15.4 Å². The van der Waals surface area contributed by atoms with Gasteiger partial charge in [-0.05, 0) is 23.8 Å². The summed E-state index contributed by atoms with van der Waals surface area (Å²) in [7, 11) is 2.97. The normalized spacial score (nSPS) is 18.2. The van der Waals surface area contributed by atoms with Crippen LogP contribution in [0.15, 0.2) is 30.6 Å². The molecule has 1 aliphatic rings. The maximum absolute atomic E-state index is 12.8. The van der Waals surface area contributed by atoms with E-state index in [1.807, 2.05) is 6.20 Å². The Morgan fingerprint density at radius 1 is 1.34 bits per heavy atom. The summed E-state index contributed by atoms with van der Waals surface area (Å²) >= 11 is 0. The van der Waals surface area contributed by atoms with E-state index in [1.165, 1.54) is 19.2 Å². The van der Waals surface area contributed by atoms with Crippen molar-refractivity contribution in [2.45, 2.75) is 12.5 Å². The summed E-state index contributed by atoms with van der Waals surface area (Å²) in [6, 6.07) is 3.81. The van der Waals surface area contributed by atoms with E-state index in [9.17, 15) is 18.4 Å². The molecule has 1 aliphatic heterocycles. The zero-order valence-corrected chi connectivity index (χ0v) is 16.5. The van der Waals surface area contributed by atoms with Gasteiger partial charge in [-0.2, -0.15) is 13.9 Å². The largest absolute Gasteiger partial charge is 0.465 e. The van der Waals surface area contributed by atoms with Crippen LogP contribution in [0.25, 0.3) is 0 Å². The highest BCUT2D eigenvalue weighted by molar-refractivity contribution is 5.96. The van der Waals surface area contributed by atoms with Gasteiger partial charge in [-0.3, -0.25) is 9.48 Å². The van der Waals surface area contributed by atoms with Crippen LogP contribution in [0, 0.1) is 5.92 Å². The number of halogens is 3. The molecule has 2 aromatic rings. The third-order valence-corrected chi connectivity index (χ3v) is 4.58. The molecule has 3 rings (SSSR count). The Bertz CT molecular complexity index is 877. The molecule has 0 spiro atoms. The number of carbonyl (C=O) groups is 2. The summed E-state index contributed by atoms with van der Waals surface area (Å²) in [5.74, 6) is -1.86. The Balaban J connectivity index is 0.00000300. The number of esters is 1. The van der Waals surface area contributed by atoms with Crippen LogP contribution in [-0.2, 0) is 16.6 Å². The lowest BCUT2D eigenvalue weighted by Gasteiger charge is -2.19. The standard InChI is InChI=1S/C18H20F2N4O4.ClH/c1-24-9-11(6-22-24)12-7-21-8-13(12)16(25)23-14-4-3-10(17(26)27-2)5-15(14)28-18(19)20;/h3-6,9,12-13,18,21H,7-8H2,1-2H3,(H,23,25);1H/t12-,13+;/m1./s1. The van der Waals surface area contributed by atoms with Crippen LogP contribution in [0.1, 0.15) is 21.8 Å². The predicted octanol–water partition coefficient (Wildman–Crippen LogP) is 2.17. The van der Waals surface area contributed by atoms with Crippen LogP contribution in [0.2, 0.25) is 0 Å². The monoisotopic (exact) mass is 430 g/mol. The van der Waals surface area contributed by atoms with Crippen molar-refractivity contribution in [1.29, 1.82) is 0 Å². The zero-order chi connectivity index (χ0) is 20.3. The molecular weight excluding hydrogens is 410 g/mol. The number of amides is 1. The van der Waals surface area contributed by atoms with Crippen LogP contribution in [0.4, 0.5) is 14.5 Å².